The minimum atomic E-state index is -0.887. The Kier molecular flexibility index (Phi) is 6.26. The number of nitrogens with one attached hydrogen (secondary N) is 2. The van der Waals surface area contributed by atoms with Gasteiger partial charge in [-0.15, -0.1) is 0 Å². The molecule has 0 aliphatic carbocycles. The molecule has 8 heteroatoms. The topological polar surface area (TPSA) is 101 Å². The molecular weight excluding hydrogens is 370 g/mol. The number of piperidine rings is 1. The third-order valence-corrected chi connectivity index (χ3v) is 4.70. The Morgan fingerprint density at radius 3 is 2.81 bits per heavy atom. The highest BCUT2D eigenvalue weighted by atomic mass is 35.5. The number of carboxylic acid groups (broad SMARTS) is 1. The second-order valence-corrected chi connectivity index (χ2v) is 6.76. The number of hydrogen-bond donors (Lipinski definition) is 3. The number of nitrogens with zero attached hydrogens (tertiary/aromatic N) is 1. The van der Waals surface area contributed by atoms with Crippen molar-refractivity contribution in [2.45, 2.75) is 25.5 Å². The van der Waals surface area contributed by atoms with Crippen LogP contribution in [0.2, 0.25) is 5.02 Å². The van der Waals surface area contributed by atoms with Gasteiger partial charge in [0.15, 0.2) is 0 Å². The lowest BCUT2D eigenvalue weighted by atomic mass is 9.94. The maximum absolute atomic E-state index is 12.4. The third-order valence-electron chi connectivity index (χ3n) is 4.40. The first kappa shape index (κ1) is 19.1. The summed E-state index contributed by atoms with van der Waals surface area (Å²) < 4.78 is 5.68. The van der Waals surface area contributed by atoms with Crippen LogP contribution in [0, 0.1) is 5.92 Å². The van der Waals surface area contributed by atoms with Gasteiger partial charge in [-0.2, -0.15) is 0 Å². The molecule has 27 heavy (non-hydrogen) atoms. The Labute approximate surface area is 161 Å². The highest BCUT2D eigenvalue weighted by molar-refractivity contribution is 6.32. The Morgan fingerprint density at radius 2 is 2.19 bits per heavy atom. The normalized spacial score (nSPS) is 19.3. The van der Waals surface area contributed by atoms with Crippen molar-refractivity contribution in [3.63, 3.8) is 0 Å². The Bertz CT molecular complexity index is 808. The maximum Gasteiger partial charge on any atom is 0.320 e. The van der Waals surface area contributed by atoms with E-state index in [9.17, 15) is 9.59 Å². The van der Waals surface area contributed by atoms with Crippen molar-refractivity contribution in [3.05, 3.63) is 53.3 Å². The van der Waals surface area contributed by atoms with Crippen LogP contribution in [0.15, 0.2) is 42.7 Å². The first-order valence-corrected chi connectivity index (χ1v) is 8.99. The molecule has 0 radical (unpaired) electrons. The summed E-state index contributed by atoms with van der Waals surface area (Å²) in [6.07, 6.45) is 4.36. The van der Waals surface area contributed by atoms with Crippen molar-refractivity contribution < 1.29 is 19.4 Å². The quantitative estimate of drug-likeness (QED) is 0.702. The molecule has 3 rings (SSSR count). The molecule has 2 atom stereocenters. The number of ether oxygens (including phenoxy) is 1. The van der Waals surface area contributed by atoms with Crippen LogP contribution in [0.1, 0.15) is 18.4 Å². The molecule has 7 nitrogen and oxygen atoms in total. The predicted octanol–water partition coefficient (Wildman–Crippen LogP) is 2.71. The average molecular weight is 390 g/mol. The Balaban J connectivity index is 1.54. The van der Waals surface area contributed by atoms with E-state index in [-0.39, 0.29) is 11.8 Å². The molecular formula is C19H20ClN3O4. The number of anilines is 1. The van der Waals surface area contributed by atoms with Crippen LogP contribution in [-0.4, -0.2) is 34.6 Å². The van der Waals surface area contributed by atoms with Crippen LogP contribution in [-0.2, 0) is 16.2 Å². The number of hydrogen-bond acceptors (Lipinski definition) is 5. The fourth-order valence-electron chi connectivity index (χ4n) is 2.88. The Hall–Kier alpha value is -2.64. The van der Waals surface area contributed by atoms with Crippen molar-refractivity contribution in [3.8, 4) is 5.75 Å². The lowest BCUT2D eigenvalue weighted by Gasteiger charge is -2.26. The third kappa shape index (κ3) is 5.18. The predicted molar refractivity (Wildman–Crippen MR) is 101 cm³/mol. The second-order valence-electron chi connectivity index (χ2n) is 6.36. The maximum atomic E-state index is 12.4. The molecule has 2 aromatic rings. The van der Waals surface area contributed by atoms with Gasteiger partial charge in [-0.25, -0.2) is 0 Å². The van der Waals surface area contributed by atoms with Crippen molar-refractivity contribution in [1.82, 2.24) is 10.3 Å². The zero-order valence-electron chi connectivity index (χ0n) is 14.5. The lowest BCUT2D eigenvalue weighted by molar-refractivity contribution is -0.141. The molecule has 1 saturated heterocycles. The minimum absolute atomic E-state index is 0.161. The fraction of sp³-hybridized carbons (Fsp3) is 0.316. The summed E-state index contributed by atoms with van der Waals surface area (Å²) in [6, 6.07) is 8.21. The van der Waals surface area contributed by atoms with Gasteiger partial charge in [0, 0.05) is 30.2 Å². The van der Waals surface area contributed by atoms with Gasteiger partial charge in [0.25, 0.3) is 0 Å². The van der Waals surface area contributed by atoms with Gasteiger partial charge in [-0.05, 0) is 37.1 Å². The largest absolute Gasteiger partial charge is 0.487 e. The number of carbonyl (C=O) groups is 2. The second kappa shape index (κ2) is 8.83. The summed E-state index contributed by atoms with van der Waals surface area (Å²) >= 11 is 6.25. The van der Waals surface area contributed by atoms with Crippen LogP contribution in [0.25, 0.3) is 0 Å². The molecule has 2 unspecified atom stereocenters. The zero-order chi connectivity index (χ0) is 19.2. The summed E-state index contributed by atoms with van der Waals surface area (Å²) in [7, 11) is 0. The molecule has 1 fully saturated rings. The average Bonchev–Trinajstić information content (AvgIpc) is 2.68. The SMILES string of the molecule is O=C(Nc1ccc(OCc2cccnc2)c(Cl)c1)C1CCC(C(=O)O)NC1. The highest BCUT2D eigenvalue weighted by Crippen LogP contribution is 2.29. The lowest BCUT2D eigenvalue weighted by Crippen LogP contribution is -2.46. The summed E-state index contributed by atoms with van der Waals surface area (Å²) in [4.78, 5) is 27.3. The zero-order valence-corrected chi connectivity index (χ0v) is 15.3. The molecule has 0 spiro atoms. The number of aromatic nitrogens is 1. The summed E-state index contributed by atoms with van der Waals surface area (Å²) in [5.74, 6) is -0.808. The van der Waals surface area contributed by atoms with E-state index in [0.29, 0.717) is 42.5 Å². The van der Waals surface area contributed by atoms with E-state index >= 15 is 0 Å². The number of halogens is 1. The van der Waals surface area contributed by atoms with Gasteiger partial charge in [0.05, 0.1) is 10.9 Å². The fourth-order valence-corrected chi connectivity index (χ4v) is 3.11. The number of benzene rings is 1. The van der Waals surface area contributed by atoms with E-state index in [1.165, 1.54) is 0 Å². The first-order chi connectivity index (χ1) is 13.0. The van der Waals surface area contributed by atoms with Gasteiger partial charge in [-0.3, -0.25) is 14.6 Å². The number of aliphatic carboxylic acids is 1. The van der Waals surface area contributed by atoms with E-state index in [1.54, 1.807) is 30.6 Å². The molecule has 1 aliphatic rings. The monoisotopic (exact) mass is 389 g/mol. The molecule has 0 saturated carbocycles. The van der Waals surface area contributed by atoms with Crippen molar-refractivity contribution in [1.29, 1.82) is 0 Å². The molecule has 1 amide bonds. The van der Waals surface area contributed by atoms with E-state index < -0.39 is 12.0 Å². The number of amides is 1. The minimum Gasteiger partial charge on any atom is -0.487 e. The highest BCUT2D eigenvalue weighted by Gasteiger charge is 2.29. The summed E-state index contributed by atoms with van der Waals surface area (Å²) in [5.41, 5.74) is 1.49. The number of carbonyl (C=O) groups excluding carboxylic acids is 1. The molecule has 0 bridgehead atoms. The standard InChI is InChI=1S/C19H20ClN3O4/c20-15-8-14(4-6-17(15)27-11-12-2-1-7-21-9-12)23-18(24)13-3-5-16(19(25)26)22-10-13/h1-2,4,6-9,13,16,22H,3,5,10-11H2,(H,23,24)(H,25,26). The molecule has 142 valence electrons. The summed E-state index contributed by atoms with van der Waals surface area (Å²) in [6.45, 7) is 0.681. The van der Waals surface area contributed by atoms with E-state index in [1.807, 2.05) is 12.1 Å². The molecule has 1 aromatic heterocycles. The van der Waals surface area contributed by atoms with Crippen LogP contribution in [0.3, 0.4) is 0 Å². The van der Waals surface area contributed by atoms with Gasteiger partial charge in [0.1, 0.15) is 18.4 Å². The molecule has 1 aliphatic heterocycles. The van der Waals surface area contributed by atoms with Crippen LogP contribution < -0.4 is 15.4 Å². The molecule has 1 aromatic carbocycles. The van der Waals surface area contributed by atoms with Crippen LogP contribution >= 0.6 is 11.6 Å². The van der Waals surface area contributed by atoms with Gasteiger partial charge in [0.2, 0.25) is 5.91 Å². The number of pyridine rings is 1. The van der Waals surface area contributed by atoms with Gasteiger partial charge >= 0.3 is 5.97 Å². The molecule has 2 heterocycles. The van der Waals surface area contributed by atoms with Crippen LogP contribution in [0.5, 0.6) is 5.75 Å². The van der Waals surface area contributed by atoms with E-state index in [2.05, 4.69) is 15.6 Å². The van der Waals surface area contributed by atoms with E-state index in [0.717, 1.165) is 5.56 Å². The Morgan fingerprint density at radius 1 is 1.33 bits per heavy atom. The van der Waals surface area contributed by atoms with Crippen molar-refractivity contribution in [2.24, 2.45) is 5.92 Å². The van der Waals surface area contributed by atoms with Gasteiger partial charge in [-0.1, -0.05) is 17.7 Å². The smallest absolute Gasteiger partial charge is 0.320 e. The summed E-state index contributed by atoms with van der Waals surface area (Å²) in [5, 5.41) is 15.1. The van der Waals surface area contributed by atoms with Crippen molar-refractivity contribution in [2.75, 3.05) is 11.9 Å². The van der Waals surface area contributed by atoms with Crippen molar-refractivity contribution >= 4 is 29.2 Å². The van der Waals surface area contributed by atoms with Gasteiger partial charge < -0.3 is 20.5 Å². The number of rotatable bonds is 6. The van der Waals surface area contributed by atoms with E-state index in [4.69, 9.17) is 21.4 Å². The first-order valence-electron chi connectivity index (χ1n) is 8.61. The molecule has 3 N–H and O–H groups in total. The van der Waals surface area contributed by atoms with Crippen LogP contribution in [0.4, 0.5) is 5.69 Å². The number of carboxylic acids is 1.